The van der Waals surface area contributed by atoms with Crippen LogP contribution in [0.2, 0.25) is 0 Å². The van der Waals surface area contributed by atoms with Crippen LogP contribution in [0, 0.1) is 6.92 Å². The van der Waals surface area contributed by atoms with Gasteiger partial charge in [0.1, 0.15) is 5.82 Å². The van der Waals surface area contributed by atoms with E-state index in [9.17, 15) is 4.79 Å². The van der Waals surface area contributed by atoms with E-state index in [0.717, 1.165) is 60.3 Å². The number of aromatic nitrogens is 4. The van der Waals surface area contributed by atoms with E-state index in [4.69, 9.17) is 10.7 Å². The third-order valence-corrected chi connectivity index (χ3v) is 6.52. The van der Waals surface area contributed by atoms with E-state index in [0.29, 0.717) is 6.54 Å². The monoisotopic (exact) mass is 482 g/mol. The molecule has 1 aliphatic heterocycles. The number of nitrogens with one attached hydrogen (secondary N) is 2. The fraction of sp³-hybridized carbons (Fsp3) is 0.296. The predicted octanol–water partition coefficient (Wildman–Crippen LogP) is 2.65. The molecule has 1 aliphatic rings. The van der Waals surface area contributed by atoms with Crippen LogP contribution in [0.3, 0.4) is 0 Å². The van der Waals surface area contributed by atoms with E-state index in [2.05, 4.69) is 61.7 Å². The molecule has 0 spiro atoms. The maximum absolute atomic E-state index is 12.9. The van der Waals surface area contributed by atoms with E-state index >= 15 is 0 Å². The summed E-state index contributed by atoms with van der Waals surface area (Å²) in [7, 11) is 0. The predicted molar refractivity (Wildman–Crippen MR) is 141 cm³/mol. The second kappa shape index (κ2) is 10.7. The van der Waals surface area contributed by atoms with E-state index in [-0.39, 0.29) is 23.5 Å². The van der Waals surface area contributed by atoms with Crippen molar-refractivity contribution in [2.45, 2.75) is 32.4 Å². The van der Waals surface area contributed by atoms with Gasteiger partial charge in [-0.15, -0.1) is 0 Å². The van der Waals surface area contributed by atoms with Crippen molar-refractivity contribution >= 4 is 28.4 Å². The van der Waals surface area contributed by atoms with Crippen LogP contribution in [0.4, 0.5) is 11.6 Å². The Bertz CT molecular complexity index is 1360. The summed E-state index contributed by atoms with van der Waals surface area (Å²) in [5, 5.41) is 7.60. The number of hydrogen-bond acceptors (Lipinski definition) is 8. The van der Waals surface area contributed by atoms with Crippen molar-refractivity contribution in [3.63, 3.8) is 0 Å². The van der Waals surface area contributed by atoms with Gasteiger partial charge in [-0.2, -0.15) is 0 Å². The zero-order chi connectivity index (χ0) is 24.9. The molecule has 5 rings (SSSR count). The van der Waals surface area contributed by atoms with Crippen molar-refractivity contribution in [2.24, 2.45) is 0 Å². The maximum Gasteiger partial charge on any atom is 0.273 e. The van der Waals surface area contributed by atoms with Crippen molar-refractivity contribution in [3.05, 3.63) is 83.6 Å². The molecule has 4 aromatic rings. The van der Waals surface area contributed by atoms with Gasteiger partial charge in [-0.3, -0.25) is 9.78 Å². The average Bonchev–Trinajstić information content (AvgIpc) is 3.13. The number of nitrogens with zero attached hydrogens (tertiary/aromatic N) is 5. The molecular weight excluding hydrogens is 452 g/mol. The van der Waals surface area contributed by atoms with Gasteiger partial charge in [0.05, 0.1) is 5.52 Å². The maximum atomic E-state index is 12.9. The molecule has 4 N–H and O–H groups in total. The summed E-state index contributed by atoms with van der Waals surface area (Å²) < 4.78 is 0. The molecule has 0 radical (unpaired) electrons. The van der Waals surface area contributed by atoms with E-state index < -0.39 is 0 Å². The minimum Gasteiger partial charge on any atom is -0.382 e. The minimum absolute atomic E-state index is 0.109. The molecule has 3 aromatic heterocycles. The highest BCUT2D eigenvalue weighted by Gasteiger charge is 2.26. The third kappa shape index (κ3) is 5.11. The molecule has 0 aliphatic carbocycles. The van der Waals surface area contributed by atoms with Crippen LogP contribution in [0.1, 0.15) is 33.6 Å². The number of benzene rings is 1. The number of nitrogens with two attached hydrogens (primary N) is 1. The van der Waals surface area contributed by atoms with E-state index in [1.165, 1.54) is 18.0 Å². The number of rotatable bonds is 6. The molecule has 1 unspecified atom stereocenters. The number of carbonyl (C=O) groups excluding carboxylic acids is 1. The summed E-state index contributed by atoms with van der Waals surface area (Å²) >= 11 is 0. The van der Waals surface area contributed by atoms with Crippen molar-refractivity contribution < 1.29 is 4.79 Å². The van der Waals surface area contributed by atoms with Gasteiger partial charge in [0.15, 0.2) is 11.5 Å². The second-order valence-corrected chi connectivity index (χ2v) is 9.06. The SMILES string of the molecule is Cc1cccc2cc(CNC(=O)c3nccnc3N)c(N3CCCNCC3Cc3cccnc3)nc12. The first-order valence-electron chi connectivity index (χ1n) is 12.2. The highest BCUT2D eigenvalue weighted by molar-refractivity contribution is 5.96. The summed E-state index contributed by atoms with van der Waals surface area (Å²) in [6.07, 6.45) is 8.49. The van der Waals surface area contributed by atoms with Crippen LogP contribution in [-0.2, 0) is 13.0 Å². The Morgan fingerprint density at radius 3 is 2.92 bits per heavy atom. The lowest BCUT2D eigenvalue weighted by molar-refractivity contribution is 0.0946. The molecule has 4 heterocycles. The smallest absolute Gasteiger partial charge is 0.273 e. The third-order valence-electron chi connectivity index (χ3n) is 6.52. The lowest BCUT2D eigenvalue weighted by Crippen LogP contribution is -2.42. The van der Waals surface area contributed by atoms with Crippen LogP contribution in [-0.4, -0.2) is 51.5 Å². The number of hydrogen-bond donors (Lipinski definition) is 3. The Balaban J connectivity index is 1.52. The van der Waals surface area contributed by atoms with Crippen LogP contribution in [0.25, 0.3) is 10.9 Å². The lowest BCUT2D eigenvalue weighted by atomic mass is 10.0. The van der Waals surface area contributed by atoms with Crippen molar-refractivity contribution in [3.8, 4) is 0 Å². The number of amides is 1. The first kappa shape index (κ1) is 23.6. The molecule has 1 atom stereocenters. The van der Waals surface area contributed by atoms with Gasteiger partial charge < -0.3 is 21.3 Å². The lowest BCUT2D eigenvalue weighted by Gasteiger charge is -2.33. The summed E-state index contributed by atoms with van der Waals surface area (Å²) in [5.74, 6) is 0.639. The topological polar surface area (TPSA) is 122 Å². The van der Waals surface area contributed by atoms with Crippen LogP contribution in [0.5, 0.6) is 0 Å². The van der Waals surface area contributed by atoms with Gasteiger partial charge in [-0.1, -0.05) is 24.3 Å². The first-order valence-corrected chi connectivity index (χ1v) is 12.2. The van der Waals surface area contributed by atoms with Gasteiger partial charge in [-0.05, 0) is 49.6 Å². The van der Waals surface area contributed by atoms with Crippen molar-refractivity contribution in [1.29, 1.82) is 0 Å². The highest BCUT2D eigenvalue weighted by atomic mass is 16.1. The normalized spacial score (nSPS) is 16.0. The molecule has 1 fully saturated rings. The number of carbonyl (C=O) groups is 1. The summed E-state index contributed by atoms with van der Waals surface area (Å²) in [6, 6.07) is 12.6. The van der Waals surface area contributed by atoms with Gasteiger partial charge in [0, 0.05) is 61.4 Å². The zero-order valence-electron chi connectivity index (χ0n) is 20.3. The van der Waals surface area contributed by atoms with Gasteiger partial charge in [-0.25, -0.2) is 15.0 Å². The Hall–Kier alpha value is -4.11. The molecule has 9 nitrogen and oxygen atoms in total. The Labute approximate surface area is 210 Å². The molecule has 36 heavy (non-hydrogen) atoms. The Morgan fingerprint density at radius 2 is 2.08 bits per heavy atom. The molecule has 0 saturated carbocycles. The van der Waals surface area contributed by atoms with E-state index in [1.54, 1.807) is 6.20 Å². The number of pyridine rings is 2. The Kier molecular flexibility index (Phi) is 6.99. The number of para-hydroxylation sites is 1. The molecule has 9 heteroatoms. The van der Waals surface area contributed by atoms with Crippen molar-refractivity contribution in [1.82, 2.24) is 30.6 Å². The average molecular weight is 483 g/mol. The fourth-order valence-corrected chi connectivity index (χ4v) is 4.73. The molecule has 1 saturated heterocycles. The number of fused-ring (bicyclic) bond motifs is 1. The molecule has 1 amide bonds. The quantitative estimate of drug-likeness (QED) is 0.383. The first-order chi connectivity index (χ1) is 17.6. The van der Waals surface area contributed by atoms with Crippen molar-refractivity contribution in [2.75, 3.05) is 30.3 Å². The van der Waals surface area contributed by atoms with Gasteiger partial charge in [0.2, 0.25) is 0 Å². The van der Waals surface area contributed by atoms with Gasteiger partial charge in [0.25, 0.3) is 5.91 Å². The number of nitrogen functional groups attached to an aromatic ring is 1. The summed E-state index contributed by atoms with van der Waals surface area (Å²) in [5.41, 5.74) is 10.2. The zero-order valence-corrected chi connectivity index (χ0v) is 20.3. The Morgan fingerprint density at radius 1 is 1.19 bits per heavy atom. The second-order valence-electron chi connectivity index (χ2n) is 9.06. The molecular formula is C27H30N8O. The number of aryl methyl sites for hydroxylation is 1. The molecule has 184 valence electrons. The van der Waals surface area contributed by atoms with Crippen LogP contribution < -0.4 is 21.3 Å². The standard InChI is InChI=1S/C27H30N8O/c1-18-5-2-7-20-14-21(16-33-27(36)24-25(28)32-11-10-31-24)26(34-23(18)20)35-12-4-9-30-17-22(35)13-19-6-3-8-29-15-19/h2-3,5-8,10-11,14-15,22,30H,4,9,12-13,16-17H2,1H3,(H2,28,32)(H,33,36). The van der Waals surface area contributed by atoms with Crippen LogP contribution in [0.15, 0.2) is 61.2 Å². The number of anilines is 2. The summed E-state index contributed by atoms with van der Waals surface area (Å²) in [6.45, 7) is 5.02. The summed E-state index contributed by atoms with van der Waals surface area (Å²) in [4.78, 5) is 32.8. The molecule has 0 bridgehead atoms. The van der Waals surface area contributed by atoms with Gasteiger partial charge >= 0.3 is 0 Å². The highest BCUT2D eigenvalue weighted by Crippen LogP contribution is 2.28. The molecule has 1 aromatic carbocycles. The van der Waals surface area contributed by atoms with Crippen LogP contribution >= 0.6 is 0 Å². The largest absolute Gasteiger partial charge is 0.382 e. The van der Waals surface area contributed by atoms with E-state index in [1.807, 2.05) is 18.3 Å². The fourth-order valence-electron chi connectivity index (χ4n) is 4.73. The minimum atomic E-state index is -0.361.